The van der Waals surface area contributed by atoms with Gasteiger partial charge in [-0.1, -0.05) is 11.1 Å². The average molecular weight is 148 g/mol. The van der Waals surface area contributed by atoms with Crippen molar-refractivity contribution < 1.29 is 4.79 Å². The molecule has 1 fully saturated rings. The zero-order valence-corrected chi connectivity index (χ0v) is 6.76. The quantitative estimate of drug-likeness (QED) is 0.557. The Morgan fingerprint density at radius 1 is 1.36 bits per heavy atom. The number of ketones is 1. The summed E-state index contributed by atoms with van der Waals surface area (Å²) in [6.45, 7) is 2.04. The fourth-order valence-electron chi connectivity index (χ4n) is 1.61. The second-order valence-electron chi connectivity index (χ2n) is 3.56. The lowest BCUT2D eigenvalue weighted by atomic mass is 9.95. The van der Waals surface area contributed by atoms with E-state index in [1.807, 2.05) is 13.0 Å². The average Bonchev–Trinajstić information content (AvgIpc) is 2.64. The van der Waals surface area contributed by atoms with E-state index in [9.17, 15) is 4.79 Å². The van der Waals surface area contributed by atoms with Gasteiger partial charge in [-0.15, -0.1) is 0 Å². The van der Waals surface area contributed by atoms with E-state index in [1.165, 1.54) is 24.0 Å². The van der Waals surface area contributed by atoms with Crippen LogP contribution in [0.3, 0.4) is 0 Å². The van der Waals surface area contributed by atoms with Gasteiger partial charge in [0.05, 0.1) is 0 Å². The summed E-state index contributed by atoms with van der Waals surface area (Å²) in [6, 6.07) is 0. The number of carbonyl (C=O) groups is 1. The van der Waals surface area contributed by atoms with Crippen molar-refractivity contribution in [1.82, 2.24) is 0 Å². The molecule has 2 aliphatic carbocycles. The van der Waals surface area contributed by atoms with E-state index in [1.54, 1.807) is 6.08 Å². The van der Waals surface area contributed by atoms with Crippen molar-refractivity contribution in [3.8, 4) is 0 Å². The molecule has 2 aliphatic rings. The molecule has 2 rings (SSSR count). The number of hydrogen-bond acceptors (Lipinski definition) is 1. The molecule has 1 heteroatoms. The molecule has 0 aromatic carbocycles. The second-order valence-corrected chi connectivity index (χ2v) is 3.56. The van der Waals surface area contributed by atoms with Crippen molar-refractivity contribution in [1.29, 1.82) is 0 Å². The third-order valence-electron chi connectivity index (χ3n) is 2.30. The van der Waals surface area contributed by atoms with Gasteiger partial charge >= 0.3 is 0 Å². The van der Waals surface area contributed by atoms with Crippen molar-refractivity contribution in [3.05, 3.63) is 23.3 Å². The van der Waals surface area contributed by atoms with Crippen LogP contribution in [-0.2, 0) is 4.79 Å². The van der Waals surface area contributed by atoms with Gasteiger partial charge < -0.3 is 0 Å². The highest BCUT2D eigenvalue weighted by Gasteiger charge is 2.27. The highest BCUT2D eigenvalue weighted by Crippen LogP contribution is 2.40. The van der Waals surface area contributed by atoms with E-state index in [4.69, 9.17) is 0 Å². The van der Waals surface area contributed by atoms with Crippen LogP contribution in [0.15, 0.2) is 23.3 Å². The smallest absolute Gasteiger partial charge is 0.178 e. The maximum absolute atomic E-state index is 11.1. The molecule has 0 N–H and O–H groups in total. The van der Waals surface area contributed by atoms with Gasteiger partial charge in [-0.3, -0.25) is 4.79 Å². The van der Waals surface area contributed by atoms with Crippen LogP contribution in [0.4, 0.5) is 0 Å². The predicted octanol–water partition coefficient (Wildman–Crippen LogP) is 2.24. The fourth-order valence-corrected chi connectivity index (χ4v) is 1.61. The number of hydrogen-bond donors (Lipinski definition) is 0. The minimum Gasteiger partial charge on any atom is -0.290 e. The summed E-state index contributed by atoms with van der Waals surface area (Å²) in [4.78, 5) is 11.1. The Hall–Kier alpha value is -0.850. The zero-order valence-electron chi connectivity index (χ0n) is 6.76. The van der Waals surface area contributed by atoms with Crippen molar-refractivity contribution >= 4 is 5.78 Å². The van der Waals surface area contributed by atoms with Gasteiger partial charge in [0.15, 0.2) is 5.78 Å². The molecule has 0 amide bonds. The van der Waals surface area contributed by atoms with Gasteiger partial charge in [-0.05, 0) is 44.3 Å². The minimum absolute atomic E-state index is 0.190. The largest absolute Gasteiger partial charge is 0.290 e. The normalized spacial score (nSPS) is 24.6. The predicted molar refractivity (Wildman–Crippen MR) is 44.2 cm³/mol. The third-order valence-corrected chi connectivity index (χ3v) is 2.30. The summed E-state index contributed by atoms with van der Waals surface area (Å²) < 4.78 is 0. The molecule has 0 heterocycles. The van der Waals surface area contributed by atoms with Crippen LogP contribution in [0.1, 0.15) is 26.2 Å². The minimum atomic E-state index is 0.190. The van der Waals surface area contributed by atoms with Gasteiger partial charge in [0.25, 0.3) is 0 Å². The maximum Gasteiger partial charge on any atom is 0.178 e. The Morgan fingerprint density at radius 3 is 2.64 bits per heavy atom. The standard InChI is InChI=1S/C10H12O/c1-7-4-9(8-2-3-8)6-10(11)5-7/h5-6,8H,2-4H2,1H3. The highest BCUT2D eigenvalue weighted by atomic mass is 16.1. The molecule has 0 bridgehead atoms. The molecular formula is C10H12O. The molecular weight excluding hydrogens is 136 g/mol. The van der Waals surface area contributed by atoms with Gasteiger partial charge in [-0.25, -0.2) is 0 Å². The summed E-state index contributed by atoms with van der Waals surface area (Å²) in [7, 11) is 0. The van der Waals surface area contributed by atoms with Crippen LogP contribution in [0, 0.1) is 5.92 Å². The Labute approximate surface area is 66.8 Å². The molecule has 0 atom stereocenters. The highest BCUT2D eigenvalue weighted by molar-refractivity contribution is 6.01. The van der Waals surface area contributed by atoms with Crippen molar-refractivity contribution in [2.45, 2.75) is 26.2 Å². The monoisotopic (exact) mass is 148 g/mol. The fraction of sp³-hybridized carbons (Fsp3) is 0.500. The van der Waals surface area contributed by atoms with E-state index in [-0.39, 0.29) is 5.78 Å². The van der Waals surface area contributed by atoms with E-state index >= 15 is 0 Å². The molecule has 0 saturated heterocycles. The van der Waals surface area contributed by atoms with Crippen LogP contribution in [0.25, 0.3) is 0 Å². The van der Waals surface area contributed by atoms with Crippen LogP contribution in [0.5, 0.6) is 0 Å². The van der Waals surface area contributed by atoms with Gasteiger partial charge in [0.1, 0.15) is 0 Å². The van der Waals surface area contributed by atoms with Crippen LogP contribution < -0.4 is 0 Å². The van der Waals surface area contributed by atoms with Crippen LogP contribution >= 0.6 is 0 Å². The molecule has 0 spiro atoms. The van der Waals surface area contributed by atoms with Gasteiger partial charge in [-0.2, -0.15) is 0 Å². The van der Waals surface area contributed by atoms with Gasteiger partial charge in [0.2, 0.25) is 0 Å². The van der Waals surface area contributed by atoms with Crippen molar-refractivity contribution in [3.63, 3.8) is 0 Å². The van der Waals surface area contributed by atoms with Crippen molar-refractivity contribution in [2.24, 2.45) is 5.92 Å². The molecule has 0 radical (unpaired) electrons. The first-order valence-electron chi connectivity index (χ1n) is 4.17. The Bertz CT molecular complexity index is 254. The first kappa shape index (κ1) is 6.84. The van der Waals surface area contributed by atoms with E-state index in [0.29, 0.717) is 0 Å². The summed E-state index contributed by atoms with van der Waals surface area (Å²) in [6.07, 6.45) is 7.20. The first-order chi connectivity index (χ1) is 5.25. The molecule has 0 aliphatic heterocycles. The van der Waals surface area contributed by atoms with E-state index < -0.39 is 0 Å². The molecule has 0 aromatic heterocycles. The topological polar surface area (TPSA) is 17.1 Å². The van der Waals surface area contributed by atoms with Crippen molar-refractivity contribution in [2.75, 3.05) is 0 Å². The lowest BCUT2D eigenvalue weighted by Gasteiger charge is -2.09. The first-order valence-corrected chi connectivity index (χ1v) is 4.17. The Balaban J connectivity index is 2.17. The Kier molecular flexibility index (Phi) is 1.45. The zero-order chi connectivity index (χ0) is 7.84. The SMILES string of the molecule is CC1=CC(=O)C=C(C2CC2)C1. The summed E-state index contributed by atoms with van der Waals surface area (Å²) in [5.41, 5.74) is 2.59. The molecule has 0 aromatic rings. The summed E-state index contributed by atoms with van der Waals surface area (Å²) >= 11 is 0. The number of rotatable bonds is 1. The number of carbonyl (C=O) groups excluding carboxylic acids is 1. The molecule has 1 saturated carbocycles. The van der Waals surface area contributed by atoms with Crippen LogP contribution in [0.2, 0.25) is 0 Å². The maximum atomic E-state index is 11.1. The second kappa shape index (κ2) is 2.33. The molecule has 1 nitrogen and oxygen atoms in total. The molecule has 11 heavy (non-hydrogen) atoms. The van der Waals surface area contributed by atoms with Crippen LogP contribution in [-0.4, -0.2) is 5.78 Å². The summed E-state index contributed by atoms with van der Waals surface area (Å²) in [5.74, 6) is 0.943. The lowest BCUT2D eigenvalue weighted by Crippen LogP contribution is -2.01. The van der Waals surface area contributed by atoms with E-state index in [0.717, 1.165) is 12.3 Å². The Morgan fingerprint density at radius 2 is 2.09 bits per heavy atom. The molecule has 58 valence electrons. The molecule has 0 unspecified atom stereocenters. The van der Waals surface area contributed by atoms with Gasteiger partial charge in [0, 0.05) is 0 Å². The number of allylic oxidation sites excluding steroid dienone is 4. The van der Waals surface area contributed by atoms with E-state index in [2.05, 4.69) is 0 Å². The lowest BCUT2D eigenvalue weighted by molar-refractivity contribution is -0.110. The third kappa shape index (κ3) is 1.42. The summed E-state index contributed by atoms with van der Waals surface area (Å²) in [5, 5.41) is 0.